The highest BCUT2D eigenvalue weighted by molar-refractivity contribution is 6.22. The van der Waals surface area contributed by atoms with Crippen molar-refractivity contribution >= 4 is 29.3 Å². The Morgan fingerprint density at radius 1 is 1.00 bits per heavy atom. The summed E-state index contributed by atoms with van der Waals surface area (Å²) in [6, 6.07) is 8.51. The first-order chi connectivity index (χ1) is 14.9. The summed E-state index contributed by atoms with van der Waals surface area (Å²) in [6.45, 7) is -0.620. The predicted molar refractivity (Wildman–Crippen MR) is 107 cm³/mol. The Balaban J connectivity index is 1.50. The third-order valence-electron chi connectivity index (χ3n) is 5.47. The Labute approximate surface area is 176 Å². The van der Waals surface area contributed by atoms with E-state index in [4.69, 9.17) is 4.74 Å². The summed E-state index contributed by atoms with van der Waals surface area (Å²) in [5.41, 5.74) is 0.0358. The highest BCUT2D eigenvalue weighted by Crippen LogP contribution is 2.38. The number of carbonyl (C=O) groups excluding carboxylic acids is 4. The summed E-state index contributed by atoms with van der Waals surface area (Å²) in [4.78, 5) is 51.1. The molecule has 1 heterocycles. The Morgan fingerprint density at radius 3 is 2.23 bits per heavy atom. The zero-order valence-corrected chi connectivity index (χ0v) is 16.3. The van der Waals surface area contributed by atoms with Crippen LogP contribution in [0.25, 0.3) is 0 Å². The largest absolute Gasteiger partial charge is 0.507 e. The minimum Gasteiger partial charge on any atom is -0.507 e. The Kier molecular flexibility index (Phi) is 5.37. The van der Waals surface area contributed by atoms with E-state index in [-0.39, 0.29) is 28.6 Å². The number of phenols is 1. The minimum atomic E-state index is -0.993. The lowest BCUT2D eigenvalue weighted by molar-refractivity contribution is -0.122. The van der Waals surface area contributed by atoms with Gasteiger partial charge in [-0.1, -0.05) is 12.2 Å². The van der Waals surface area contributed by atoms with Gasteiger partial charge in [-0.3, -0.25) is 19.3 Å². The molecule has 2 aliphatic rings. The average molecular weight is 423 g/mol. The fraction of sp³-hybridized carbons (Fsp3) is 0.217. The molecule has 0 spiro atoms. The van der Waals surface area contributed by atoms with Crippen LogP contribution in [-0.4, -0.2) is 35.3 Å². The first-order valence-corrected chi connectivity index (χ1v) is 9.68. The van der Waals surface area contributed by atoms with Crippen LogP contribution in [0.3, 0.4) is 0 Å². The van der Waals surface area contributed by atoms with Crippen molar-refractivity contribution < 1.29 is 33.4 Å². The number of carbonyl (C=O) groups is 4. The van der Waals surface area contributed by atoms with E-state index in [1.54, 1.807) is 0 Å². The van der Waals surface area contributed by atoms with Crippen LogP contribution >= 0.6 is 0 Å². The number of aromatic hydroxyl groups is 1. The van der Waals surface area contributed by atoms with Crippen molar-refractivity contribution in [1.29, 1.82) is 0 Å². The van der Waals surface area contributed by atoms with Crippen LogP contribution in [0.2, 0.25) is 0 Å². The van der Waals surface area contributed by atoms with E-state index in [0.717, 1.165) is 17.0 Å². The number of ether oxygens (including phenoxy) is 1. The normalized spacial score (nSPS) is 20.0. The lowest BCUT2D eigenvalue weighted by atomic mass is 9.85. The fourth-order valence-corrected chi connectivity index (χ4v) is 3.81. The molecule has 2 unspecified atom stereocenters. The van der Waals surface area contributed by atoms with Gasteiger partial charge in [0.2, 0.25) is 11.8 Å². The van der Waals surface area contributed by atoms with Gasteiger partial charge in [-0.05, 0) is 55.3 Å². The maximum Gasteiger partial charge on any atom is 0.342 e. The highest BCUT2D eigenvalue weighted by Gasteiger charge is 2.48. The van der Waals surface area contributed by atoms with E-state index in [0.29, 0.717) is 12.8 Å². The molecule has 2 amide bonds. The maximum atomic E-state index is 13.0. The third kappa shape index (κ3) is 3.84. The third-order valence-corrected chi connectivity index (χ3v) is 5.47. The molecule has 0 aromatic heterocycles. The number of ketones is 1. The van der Waals surface area contributed by atoms with Gasteiger partial charge < -0.3 is 9.84 Å². The Morgan fingerprint density at radius 2 is 1.61 bits per heavy atom. The number of phenolic OH excluding ortho intramolecular Hbond substituents is 1. The van der Waals surface area contributed by atoms with Crippen LogP contribution in [0.5, 0.6) is 5.75 Å². The number of rotatable bonds is 5. The zero-order chi connectivity index (χ0) is 22.1. The molecule has 4 rings (SSSR count). The monoisotopic (exact) mass is 423 g/mol. The molecule has 2 aromatic rings. The minimum absolute atomic E-state index is 0.152. The second-order valence-electron chi connectivity index (χ2n) is 7.38. The first kappa shape index (κ1) is 20.5. The second-order valence-corrected chi connectivity index (χ2v) is 7.38. The molecule has 0 bridgehead atoms. The number of esters is 1. The summed E-state index contributed by atoms with van der Waals surface area (Å²) in [7, 11) is 0. The summed E-state index contributed by atoms with van der Waals surface area (Å²) in [6.07, 6.45) is 4.69. The molecular formula is C23H18FNO6. The number of Topliss-reactive ketones (excluding diaryl/α,β-unsaturated/α-hetero) is 1. The van der Waals surface area contributed by atoms with Gasteiger partial charge in [0.25, 0.3) is 0 Å². The number of hydrogen-bond donors (Lipinski definition) is 1. The van der Waals surface area contributed by atoms with Crippen LogP contribution < -0.4 is 4.90 Å². The molecule has 7 nitrogen and oxygen atoms in total. The number of halogens is 1. The van der Waals surface area contributed by atoms with E-state index in [1.807, 2.05) is 12.2 Å². The molecule has 0 radical (unpaired) electrons. The van der Waals surface area contributed by atoms with E-state index in [2.05, 4.69) is 0 Å². The number of fused-ring (bicyclic) bond motifs is 1. The van der Waals surface area contributed by atoms with Crippen LogP contribution in [-0.2, 0) is 14.3 Å². The lowest BCUT2D eigenvalue weighted by Gasteiger charge is -2.16. The van der Waals surface area contributed by atoms with Crippen LogP contribution in [0.1, 0.15) is 33.6 Å². The highest BCUT2D eigenvalue weighted by atomic mass is 19.1. The molecule has 1 fully saturated rings. The summed E-state index contributed by atoms with van der Waals surface area (Å²) in [5.74, 6) is -4.03. The van der Waals surface area contributed by atoms with Crippen molar-refractivity contribution in [3.63, 3.8) is 0 Å². The number of hydrogen-bond acceptors (Lipinski definition) is 6. The van der Waals surface area contributed by atoms with Gasteiger partial charge >= 0.3 is 5.97 Å². The number of allylic oxidation sites excluding steroid dienone is 2. The molecule has 2 aromatic carbocycles. The molecule has 31 heavy (non-hydrogen) atoms. The van der Waals surface area contributed by atoms with Crippen molar-refractivity contribution in [2.24, 2.45) is 11.8 Å². The van der Waals surface area contributed by atoms with Gasteiger partial charge in [-0.15, -0.1) is 0 Å². The molecule has 1 N–H and O–H groups in total. The average Bonchev–Trinajstić information content (AvgIpc) is 3.03. The number of nitrogens with zero attached hydrogens (tertiary/aromatic N) is 1. The van der Waals surface area contributed by atoms with Gasteiger partial charge in [-0.2, -0.15) is 0 Å². The second kappa shape index (κ2) is 8.14. The standard InChI is InChI=1S/C23H18FNO6/c24-14-7-5-13(6-8-14)20(27)12-31-23(30)18-11-15(9-10-19(18)26)25-21(28)16-3-1-2-4-17(16)22(25)29/h1-2,5-11,16-17,26H,3-4,12H2. The van der Waals surface area contributed by atoms with Crippen LogP contribution in [0.4, 0.5) is 10.1 Å². The van der Waals surface area contributed by atoms with E-state index in [1.165, 1.54) is 30.3 Å². The van der Waals surface area contributed by atoms with Gasteiger partial charge in [-0.25, -0.2) is 9.18 Å². The van der Waals surface area contributed by atoms with Gasteiger partial charge in [0.1, 0.15) is 17.1 Å². The summed E-state index contributed by atoms with van der Waals surface area (Å²) < 4.78 is 17.9. The van der Waals surface area contributed by atoms with E-state index in [9.17, 15) is 28.7 Å². The molecule has 1 aliphatic carbocycles. The topological polar surface area (TPSA) is 101 Å². The van der Waals surface area contributed by atoms with E-state index >= 15 is 0 Å². The van der Waals surface area contributed by atoms with Gasteiger partial charge in [0, 0.05) is 5.56 Å². The van der Waals surface area contributed by atoms with Gasteiger partial charge in [0.05, 0.1) is 17.5 Å². The number of benzene rings is 2. The van der Waals surface area contributed by atoms with Crippen LogP contribution in [0, 0.1) is 17.7 Å². The quantitative estimate of drug-likeness (QED) is 0.343. The lowest BCUT2D eigenvalue weighted by Crippen LogP contribution is -2.31. The number of anilines is 1. The van der Waals surface area contributed by atoms with E-state index < -0.39 is 41.8 Å². The van der Waals surface area contributed by atoms with Crippen LogP contribution in [0.15, 0.2) is 54.6 Å². The van der Waals surface area contributed by atoms with Crippen molar-refractivity contribution in [1.82, 2.24) is 0 Å². The number of imide groups is 1. The smallest absolute Gasteiger partial charge is 0.342 e. The SMILES string of the molecule is O=C(COC(=O)c1cc(N2C(=O)C3CC=CCC3C2=O)ccc1O)c1ccc(F)cc1. The zero-order valence-electron chi connectivity index (χ0n) is 16.3. The summed E-state index contributed by atoms with van der Waals surface area (Å²) in [5, 5.41) is 10.1. The van der Waals surface area contributed by atoms with Crippen molar-refractivity contribution in [2.75, 3.05) is 11.5 Å². The summed E-state index contributed by atoms with van der Waals surface area (Å²) >= 11 is 0. The molecule has 158 valence electrons. The molecular weight excluding hydrogens is 405 g/mol. The Hall–Kier alpha value is -3.81. The molecule has 0 saturated carbocycles. The molecule has 1 aliphatic heterocycles. The number of amides is 2. The fourth-order valence-electron chi connectivity index (χ4n) is 3.81. The van der Waals surface area contributed by atoms with Crippen molar-refractivity contribution in [3.05, 3.63) is 71.6 Å². The first-order valence-electron chi connectivity index (χ1n) is 9.68. The van der Waals surface area contributed by atoms with Crippen molar-refractivity contribution in [2.45, 2.75) is 12.8 Å². The molecule has 2 atom stereocenters. The molecule has 8 heteroatoms. The Bertz CT molecular complexity index is 1080. The van der Waals surface area contributed by atoms with Crippen molar-refractivity contribution in [3.8, 4) is 5.75 Å². The predicted octanol–water partition coefficient (Wildman–Crippen LogP) is 3.03. The maximum absolute atomic E-state index is 13.0. The molecule has 1 saturated heterocycles. The van der Waals surface area contributed by atoms with Gasteiger partial charge in [0.15, 0.2) is 12.4 Å².